The highest BCUT2D eigenvalue weighted by Crippen LogP contribution is 2.42. The van der Waals surface area contributed by atoms with Crippen LogP contribution in [0.4, 0.5) is 0 Å². The van der Waals surface area contributed by atoms with Gasteiger partial charge in [0.1, 0.15) is 11.2 Å². The fourth-order valence-electron chi connectivity index (χ4n) is 4.09. The monoisotopic (exact) mass is 415 g/mol. The molecule has 0 aliphatic carbocycles. The zero-order valence-corrected chi connectivity index (χ0v) is 17.3. The molecule has 3 aromatic rings. The number of aromatic carboxylic acids is 1. The highest BCUT2D eigenvalue weighted by molar-refractivity contribution is 6.30. The molecule has 3 N–H and O–H groups in total. The van der Waals surface area contributed by atoms with Crippen LogP contribution in [0.25, 0.3) is 10.9 Å². The van der Waals surface area contributed by atoms with Crippen LogP contribution in [0.3, 0.4) is 0 Å². The maximum atomic E-state index is 12.5. The van der Waals surface area contributed by atoms with Gasteiger partial charge in [0.2, 0.25) is 0 Å². The van der Waals surface area contributed by atoms with Crippen molar-refractivity contribution in [2.45, 2.75) is 39.2 Å². The van der Waals surface area contributed by atoms with Crippen LogP contribution >= 0.6 is 11.6 Å². The number of rotatable bonds is 5. The fraction of sp³-hybridized carbons (Fsp3) is 0.273. The average molecular weight is 416 g/mol. The Morgan fingerprint density at radius 1 is 1.14 bits per heavy atom. The Balaban J connectivity index is 2.51. The van der Waals surface area contributed by atoms with Crippen LogP contribution in [0.2, 0.25) is 5.02 Å². The van der Waals surface area contributed by atoms with Crippen LogP contribution in [0.5, 0.6) is 5.75 Å². The van der Waals surface area contributed by atoms with E-state index in [9.17, 15) is 24.9 Å². The molecule has 0 spiro atoms. The van der Waals surface area contributed by atoms with Gasteiger partial charge in [0.25, 0.3) is 0 Å². The summed E-state index contributed by atoms with van der Waals surface area (Å²) in [5.74, 6) is -2.47. The van der Waals surface area contributed by atoms with Gasteiger partial charge in [-0.05, 0) is 63.1 Å². The highest BCUT2D eigenvalue weighted by Gasteiger charge is 2.41. The van der Waals surface area contributed by atoms with Crippen LogP contribution in [0.1, 0.15) is 54.0 Å². The molecule has 0 saturated heterocycles. The van der Waals surface area contributed by atoms with E-state index in [0.717, 1.165) is 0 Å². The molecule has 1 unspecified atom stereocenters. The van der Waals surface area contributed by atoms with E-state index >= 15 is 0 Å². The van der Waals surface area contributed by atoms with E-state index in [0.29, 0.717) is 22.2 Å². The second-order valence-corrected chi connectivity index (χ2v) is 7.99. The van der Waals surface area contributed by atoms with Crippen LogP contribution in [0, 0.1) is 6.92 Å². The standard InChI is InChI=1S/C22H22ClNO5/c1-11(2)24-12(3)18(20(26)27)19-16(6-5-7-17(19)24)22(4,21(28)29)13-8-14(23)10-15(25)9-13/h5-11,25H,1-4H3,(H,26,27)(H,28,29). The number of fused-ring (bicyclic) bond motifs is 1. The van der Waals surface area contributed by atoms with Crippen LogP contribution in [-0.4, -0.2) is 31.8 Å². The van der Waals surface area contributed by atoms with Gasteiger partial charge in [-0.25, -0.2) is 4.79 Å². The molecule has 0 aliphatic rings. The number of phenols is 1. The molecule has 2 aromatic carbocycles. The number of aromatic hydroxyl groups is 1. The van der Waals surface area contributed by atoms with Gasteiger partial charge in [0, 0.05) is 27.7 Å². The van der Waals surface area contributed by atoms with Crippen molar-refractivity contribution in [1.29, 1.82) is 0 Å². The molecule has 3 rings (SSSR count). The van der Waals surface area contributed by atoms with Gasteiger partial charge in [-0.2, -0.15) is 0 Å². The number of carboxylic acid groups (broad SMARTS) is 2. The summed E-state index contributed by atoms with van der Waals surface area (Å²) in [6.07, 6.45) is 0. The van der Waals surface area contributed by atoms with Gasteiger partial charge in [-0.15, -0.1) is 0 Å². The Kier molecular flexibility index (Phi) is 5.09. The van der Waals surface area contributed by atoms with Gasteiger partial charge < -0.3 is 19.9 Å². The number of halogens is 1. The van der Waals surface area contributed by atoms with Crippen LogP contribution in [-0.2, 0) is 10.2 Å². The molecule has 1 heterocycles. The number of aliphatic carboxylic acids is 1. The molecule has 0 amide bonds. The molecule has 1 aromatic heterocycles. The fourth-order valence-corrected chi connectivity index (χ4v) is 4.32. The van der Waals surface area contributed by atoms with Gasteiger partial charge in [0.05, 0.1) is 5.56 Å². The van der Waals surface area contributed by atoms with Crippen LogP contribution in [0.15, 0.2) is 36.4 Å². The van der Waals surface area contributed by atoms with Crippen molar-refractivity contribution in [3.63, 3.8) is 0 Å². The number of hydrogen-bond acceptors (Lipinski definition) is 3. The highest BCUT2D eigenvalue weighted by atomic mass is 35.5. The first kappa shape index (κ1) is 20.7. The van der Waals surface area contributed by atoms with Crippen molar-refractivity contribution in [2.75, 3.05) is 0 Å². The summed E-state index contributed by atoms with van der Waals surface area (Å²) in [5, 5.41) is 30.7. The third-order valence-corrected chi connectivity index (χ3v) is 5.65. The minimum atomic E-state index is -1.64. The number of carboxylic acids is 2. The summed E-state index contributed by atoms with van der Waals surface area (Å²) >= 11 is 6.07. The lowest BCUT2D eigenvalue weighted by molar-refractivity contribution is -0.141. The van der Waals surface area contributed by atoms with Crippen molar-refractivity contribution in [3.05, 3.63) is 63.8 Å². The lowest BCUT2D eigenvalue weighted by atomic mass is 9.74. The quantitative estimate of drug-likeness (QED) is 0.545. The summed E-state index contributed by atoms with van der Waals surface area (Å²) in [5.41, 5.74) is 0.213. The first-order chi connectivity index (χ1) is 13.5. The Labute approximate surface area is 173 Å². The maximum Gasteiger partial charge on any atom is 0.338 e. The van der Waals surface area contributed by atoms with Crippen molar-refractivity contribution in [1.82, 2.24) is 4.57 Å². The van der Waals surface area contributed by atoms with E-state index in [2.05, 4.69) is 0 Å². The first-order valence-electron chi connectivity index (χ1n) is 9.10. The predicted octanol–water partition coefficient (Wildman–Crippen LogP) is 4.98. The molecule has 7 heteroatoms. The molecule has 29 heavy (non-hydrogen) atoms. The Hall–Kier alpha value is -2.99. The Morgan fingerprint density at radius 3 is 2.31 bits per heavy atom. The summed E-state index contributed by atoms with van der Waals surface area (Å²) < 4.78 is 1.89. The summed E-state index contributed by atoms with van der Waals surface area (Å²) in [6, 6.07) is 9.23. The largest absolute Gasteiger partial charge is 0.508 e. The Morgan fingerprint density at radius 2 is 1.79 bits per heavy atom. The number of hydrogen-bond donors (Lipinski definition) is 3. The number of nitrogens with zero attached hydrogens (tertiary/aromatic N) is 1. The smallest absolute Gasteiger partial charge is 0.338 e. The van der Waals surface area contributed by atoms with Crippen molar-refractivity contribution in [3.8, 4) is 5.75 Å². The zero-order chi connectivity index (χ0) is 21.7. The average Bonchev–Trinajstić information content (AvgIpc) is 2.91. The van der Waals surface area contributed by atoms with Gasteiger partial charge in [-0.3, -0.25) is 4.79 Å². The third kappa shape index (κ3) is 3.13. The molecule has 6 nitrogen and oxygen atoms in total. The molecule has 0 bridgehead atoms. The predicted molar refractivity (Wildman–Crippen MR) is 111 cm³/mol. The van der Waals surface area contributed by atoms with E-state index < -0.39 is 17.4 Å². The molecule has 1 atom stereocenters. The molecule has 0 saturated carbocycles. The number of phenolic OH excluding ortho intramolecular Hbond substituents is 1. The topological polar surface area (TPSA) is 99.8 Å². The first-order valence-corrected chi connectivity index (χ1v) is 9.48. The van der Waals surface area contributed by atoms with E-state index in [1.165, 1.54) is 25.1 Å². The Bertz CT molecular complexity index is 1130. The van der Waals surface area contributed by atoms with Gasteiger partial charge in [0.15, 0.2) is 0 Å². The minimum Gasteiger partial charge on any atom is -0.508 e. The minimum absolute atomic E-state index is 0.0212. The van der Waals surface area contributed by atoms with E-state index in [-0.39, 0.29) is 27.9 Å². The summed E-state index contributed by atoms with van der Waals surface area (Å²) in [6.45, 7) is 7.09. The molecule has 0 radical (unpaired) electrons. The molecular formula is C22H22ClNO5. The lowest BCUT2D eigenvalue weighted by Crippen LogP contribution is -2.34. The number of benzene rings is 2. The van der Waals surface area contributed by atoms with Crippen molar-refractivity contribution >= 4 is 34.4 Å². The maximum absolute atomic E-state index is 12.5. The molecule has 0 aliphatic heterocycles. The van der Waals surface area contributed by atoms with Crippen molar-refractivity contribution in [2.24, 2.45) is 0 Å². The summed E-state index contributed by atoms with van der Waals surface area (Å²) in [4.78, 5) is 24.7. The number of carbonyl (C=O) groups is 2. The lowest BCUT2D eigenvalue weighted by Gasteiger charge is -2.27. The normalized spacial score (nSPS) is 13.6. The zero-order valence-electron chi connectivity index (χ0n) is 16.5. The second kappa shape index (κ2) is 7.12. The SMILES string of the molecule is Cc1c(C(=O)O)c2c(C(C)(C(=O)O)c3cc(O)cc(Cl)c3)cccc2n1C(C)C. The van der Waals surface area contributed by atoms with E-state index in [4.69, 9.17) is 11.6 Å². The second-order valence-electron chi connectivity index (χ2n) is 7.56. The van der Waals surface area contributed by atoms with Gasteiger partial charge in [-0.1, -0.05) is 23.7 Å². The summed E-state index contributed by atoms with van der Waals surface area (Å²) in [7, 11) is 0. The molecule has 0 fully saturated rings. The molecular weight excluding hydrogens is 394 g/mol. The van der Waals surface area contributed by atoms with E-state index in [1.807, 2.05) is 18.4 Å². The van der Waals surface area contributed by atoms with Gasteiger partial charge >= 0.3 is 11.9 Å². The van der Waals surface area contributed by atoms with E-state index in [1.54, 1.807) is 25.1 Å². The third-order valence-electron chi connectivity index (χ3n) is 5.43. The molecule has 152 valence electrons. The number of aromatic nitrogens is 1. The van der Waals surface area contributed by atoms with Crippen LogP contribution < -0.4 is 0 Å². The van der Waals surface area contributed by atoms with Crippen molar-refractivity contribution < 1.29 is 24.9 Å².